The zero-order valence-corrected chi connectivity index (χ0v) is 11.4. The molecule has 3 nitrogen and oxygen atoms in total. The molecular formula is C14H26N2O. The van der Waals surface area contributed by atoms with Crippen LogP contribution in [-0.4, -0.2) is 29.9 Å². The van der Waals surface area contributed by atoms with Crippen molar-refractivity contribution in [3.63, 3.8) is 0 Å². The first-order valence-corrected chi connectivity index (χ1v) is 6.95. The minimum atomic E-state index is 0.174. The summed E-state index contributed by atoms with van der Waals surface area (Å²) < 4.78 is 0. The standard InChI is InChI=1S/C14H26N2O/c1-10-11(5-4-6-12(10)15)13(17)16-8-7-14(2,3)9-16/h10-12H,4-9,15H2,1-3H3. The Hall–Kier alpha value is -0.570. The fourth-order valence-corrected chi connectivity index (χ4v) is 3.28. The molecule has 2 N–H and O–H groups in total. The van der Waals surface area contributed by atoms with Gasteiger partial charge in [-0.25, -0.2) is 0 Å². The molecule has 0 aromatic rings. The first kappa shape index (κ1) is 12.9. The third-order valence-electron chi connectivity index (χ3n) is 4.67. The first-order valence-electron chi connectivity index (χ1n) is 6.95. The molecule has 0 bridgehead atoms. The number of likely N-dealkylation sites (tertiary alicyclic amines) is 1. The van der Waals surface area contributed by atoms with Crippen molar-refractivity contribution in [3.05, 3.63) is 0 Å². The molecule has 0 radical (unpaired) electrons. The van der Waals surface area contributed by atoms with Crippen molar-refractivity contribution in [1.29, 1.82) is 0 Å². The van der Waals surface area contributed by atoms with Crippen molar-refractivity contribution in [2.24, 2.45) is 23.0 Å². The molecule has 3 atom stereocenters. The van der Waals surface area contributed by atoms with Gasteiger partial charge in [-0.15, -0.1) is 0 Å². The van der Waals surface area contributed by atoms with Crippen molar-refractivity contribution in [3.8, 4) is 0 Å². The normalized spacial score (nSPS) is 37.2. The zero-order valence-electron chi connectivity index (χ0n) is 11.4. The highest BCUT2D eigenvalue weighted by Crippen LogP contribution is 2.34. The number of hydrogen-bond acceptors (Lipinski definition) is 2. The van der Waals surface area contributed by atoms with E-state index >= 15 is 0 Å². The number of rotatable bonds is 1. The summed E-state index contributed by atoms with van der Waals surface area (Å²) in [5, 5.41) is 0. The predicted molar refractivity (Wildman–Crippen MR) is 69.5 cm³/mol. The van der Waals surface area contributed by atoms with Crippen molar-refractivity contribution in [1.82, 2.24) is 4.90 Å². The Morgan fingerprint density at radius 3 is 2.65 bits per heavy atom. The lowest BCUT2D eigenvalue weighted by Gasteiger charge is -2.35. The molecule has 3 unspecified atom stereocenters. The van der Waals surface area contributed by atoms with E-state index in [2.05, 4.69) is 25.7 Å². The fourth-order valence-electron chi connectivity index (χ4n) is 3.28. The molecule has 2 rings (SSSR count). The summed E-state index contributed by atoms with van der Waals surface area (Å²) in [5.41, 5.74) is 6.39. The van der Waals surface area contributed by atoms with Crippen molar-refractivity contribution in [2.75, 3.05) is 13.1 Å². The third-order valence-corrected chi connectivity index (χ3v) is 4.67. The van der Waals surface area contributed by atoms with Gasteiger partial charge in [0, 0.05) is 25.0 Å². The number of nitrogens with zero attached hydrogens (tertiary/aromatic N) is 1. The molecule has 98 valence electrons. The average molecular weight is 238 g/mol. The van der Waals surface area contributed by atoms with Gasteiger partial charge in [-0.2, -0.15) is 0 Å². The lowest BCUT2D eigenvalue weighted by Crippen LogP contribution is -2.45. The van der Waals surface area contributed by atoms with Gasteiger partial charge >= 0.3 is 0 Å². The summed E-state index contributed by atoms with van der Waals surface area (Å²) in [4.78, 5) is 14.6. The molecule has 0 aromatic carbocycles. The molecule has 0 spiro atoms. The minimum Gasteiger partial charge on any atom is -0.342 e. The SMILES string of the molecule is CC1C(N)CCCC1C(=O)N1CCC(C)(C)C1. The second kappa shape index (κ2) is 4.60. The number of carbonyl (C=O) groups excluding carboxylic acids is 1. The fraction of sp³-hybridized carbons (Fsp3) is 0.929. The number of carbonyl (C=O) groups is 1. The van der Waals surface area contributed by atoms with Gasteiger partial charge in [0.05, 0.1) is 0 Å². The van der Waals surface area contributed by atoms with Gasteiger partial charge in [-0.3, -0.25) is 4.79 Å². The van der Waals surface area contributed by atoms with E-state index in [4.69, 9.17) is 5.73 Å². The monoisotopic (exact) mass is 238 g/mol. The maximum absolute atomic E-state index is 12.5. The number of nitrogens with two attached hydrogens (primary N) is 1. The number of hydrogen-bond donors (Lipinski definition) is 1. The summed E-state index contributed by atoms with van der Waals surface area (Å²) in [6, 6.07) is 0.216. The van der Waals surface area contributed by atoms with Gasteiger partial charge in [-0.1, -0.05) is 27.2 Å². The minimum absolute atomic E-state index is 0.174. The molecule has 1 saturated heterocycles. The molecule has 1 saturated carbocycles. The van der Waals surface area contributed by atoms with Gasteiger partial charge in [0.1, 0.15) is 0 Å². The van der Waals surface area contributed by atoms with E-state index in [1.807, 2.05) is 0 Å². The maximum Gasteiger partial charge on any atom is 0.226 e. The topological polar surface area (TPSA) is 46.3 Å². The average Bonchev–Trinajstić information content (AvgIpc) is 2.62. The van der Waals surface area contributed by atoms with Crippen LogP contribution in [0.5, 0.6) is 0 Å². The molecule has 2 fully saturated rings. The van der Waals surface area contributed by atoms with Crippen LogP contribution in [0, 0.1) is 17.3 Å². The van der Waals surface area contributed by atoms with E-state index in [1.165, 1.54) is 0 Å². The van der Waals surface area contributed by atoms with Gasteiger partial charge in [0.15, 0.2) is 0 Å². The van der Waals surface area contributed by atoms with Crippen LogP contribution in [0.2, 0.25) is 0 Å². The molecule has 1 aliphatic heterocycles. The highest BCUT2D eigenvalue weighted by Gasteiger charge is 2.39. The zero-order chi connectivity index (χ0) is 12.6. The summed E-state index contributed by atoms with van der Waals surface area (Å²) in [7, 11) is 0. The van der Waals surface area contributed by atoms with E-state index in [0.29, 0.717) is 17.2 Å². The number of amides is 1. The van der Waals surface area contributed by atoms with Gasteiger partial charge in [-0.05, 0) is 30.6 Å². The lowest BCUT2D eigenvalue weighted by molar-refractivity contribution is -0.137. The predicted octanol–water partition coefficient (Wildman–Crippen LogP) is 2.01. The van der Waals surface area contributed by atoms with Crippen LogP contribution in [-0.2, 0) is 4.79 Å². The van der Waals surface area contributed by atoms with Crippen molar-refractivity contribution < 1.29 is 4.79 Å². The smallest absolute Gasteiger partial charge is 0.226 e. The summed E-state index contributed by atoms with van der Waals surface area (Å²) >= 11 is 0. The maximum atomic E-state index is 12.5. The van der Waals surface area contributed by atoms with Crippen LogP contribution in [0.15, 0.2) is 0 Å². The molecule has 1 heterocycles. The Bertz CT molecular complexity index is 301. The quantitative estimate of drug-likeness (QED) is 0.759. The Morgan fingerprint density at radius 2 is 2.06 bits per heavy atom. The van der Waals surface area contributed by atoms with Crippen LogP contribution in [0.1, 0.15) is 46.5 Å². The summed E-state index contributed by atoms with van der Waals surface area (Å²) in [5.74, 6) is 0.880. The van der Waals surface area contributed by atoms with Crippen molar-refractivity contribution >= 4 is 5.91 Å². The first-order chi connectivity index (χ1) is 7.91. The highest BCUT2D eigenvalue weighted by molar-refractivity contribution is 5.79. The molecule has 1 amide bonds. The largest absolute Gasteiger partial charge is 0.342 e. The van der Waals surface area contributed by atoms with E-state index in [0.717, 1.165) is 38.8 Å². The Kier molecular flexibility index (Phi) is 3.48. The van der Waals surface area contributed by atoms with Crippen LogP contribution in [0.25, 0.3) is 0 Å². The van der Waals surface area contributed by atoms with Crippen LogP contribution < -0.4 is 5.73 Å². The van der Waals surface area contributed by atoms with E-state index in [-0.39, 0.29) is 12.0 Å². The van der Waals surface area contributed by atoms with Crippen molar-refractivity contribution in [2.45, 2.75) is 52.5 Å². The van der Waals surface area contributed by atoms with Crippen LogP contribution in [0.3, 0.4) is 0 Å². The third kappa shape index (κ3) is 2.65. The molecule has 1 aliphatic carbocycles. The van der Waals surface area contributed by atoms with Gasteiger partial charge in [0.2, 0.25) is 5.91 Å². The molecule has 2 aliphatic rings. The molecular weight excluding hydrogens is 212 g/mol. The lowest BCUT2D eigenvalue weighted by atomic mass is 9.76. The Morgan fingerprint density at radius 1 is 1.35 bits per heavy atom. The Balaban J connectivity index is 2.00. The van der Waals surface area contributed by atoms with E-state index < -0.39 is 0 Å². The Labute approximate surface area is 105 Å². The van der Waals surface area contributed by atoms with Crippen LogP contribution in [0.4, 0.5) is 0 Å². The van der Waals surface area contributed by atoms with Gasteiger partial charge < -0.3 is 10.6 Å². The molecule has 3 heteroatoms. The molecule has 0 aromatic heterocycles. The second-order valence-corrected chi connectivity index (χ2v) is 6.73. The van der Waals surface area contributed by atoms with Crippen LogP contribution >= 0.6 is 0 Å². The molecule has 17 heavy (non-hydrogen) atoms. The summed E-state index contributed by atoms with van der Waals surface area (Å²) in [6.45, 7) is 8.49. The summed E-state index contributed by atoms with van der Waals surface area (Å²) in [6.07, 6.45) is 4.35. The van der Waals surface area contributed by atoms with E-state index in [9.17, 15) is 4.79 Å². The highest BCUT2D eigenvalue weighted by atomic mass is 16.2. The van der Waals surface area contributed by atoms with E-state index in [1.54, 1.807) is 0 Å². The second-order valence-electron chi connectivity index (χ2n) is 6.73. The van der Waals surface area contributed by atoms with Gasteiger partial charge in [0.25, 0.3) is 0 Å².